The number of benzene rings is 1. The Morgan fingerprint density at radius 1 is 1.36 bits per heavy atom. The van der Waals surface area contributed by atoms with Gasteiger partial charge in [-0.2, -0.15) is 5.10 Å². The summed E-state index contributed by atoms with van der Waals surface area (Å²) in [4.78, 5) is 0. The van der Waals surface area contributed by atoms with Gasteiger partial charge in [-0.3, -0.25) is 4.68 Å². The van der Waals surface area contributed by atoms with Crippen molar-refractivity contribution in [2.75, 3.05) is 0 Å². The molecule has 14 heavy (non-hydrogen) atoms. The van der Waals surface area contributed by atoms with E-state index >= 15 is 0 Å². The van der Waals surface area contributed by atoms with E-state index in [2.05, 4.69) is 5.10 Å². The van der Waals surface area contributed by atoms with Gasteiger partial charge < -0.3 is 5.11 Å². The summed E-state index contributed by atoms with van der Waals surface area (Å²) >= 11 is 5.99. The highest BCUT2D eigenvalue weighted by molar-refractivity contribution is 6.33. The zero-order valence-corrected chi connectivity index (χ0v) is 8.36. The maximum absolute atomic E-state index is 9.66. The molecule has 0 aliphatic heterocycles. The lowest BCUT2D eigenvalue weighted by atomic mass is 10.1. The van der Waals surface area contributed by atoms with Crippen LogP contribution in [0.3, 0.4) is 0 Å². The van der Waals surface area contributed by atoms with Crippen LogP contribution in [-0.4, -0.2) is 14.9 Å². The Labute approximate surface area is 86.6 Å². The number of rotatable bonds is 1. The van der Waals surface area contributed by atoms with E-state index in [1.54, 1.807) is 42.2 Å². The van der Waals surface area contributed by atoms with Crippen molar-refractivity contribution in [1.29, 1.82) is 0 Å². The van der Waals surface area contributed by atoms with E-state index < -0.39 is 0 Å². The molecule has 1 aromatic carbocycles. The second-order valence-electron chi connectivity index (χ2n) is 2.97. The molecule has 3 nitrogen and oxygen atoms in total. The minimum Gasteiger partial charge on any atom is -0.507 e. The van der Waals surface area contributed by atoms with Gasteiger partial charge in [0.2, 0.25) is 0 Å². The zero-order valence-electron chi connectivity index (χ0n) is 7.61. The number of aromatic hydroxyl groups is 1. The van der Waals surface area contributed by atoms with Crippen LogP contribution in [0.15, 0.2) is 30.5 Å². The number of hydrogen-bond donors (Lipinski definition) is 1. The van der Waals surface area contributed by atoms with Crippen LogP contribution in [0.5, 0.6) is 5.75 Å². The third-order valence-electron chi connectivity index (χ3n) is 2.07. The molecule has 0 unspecified atom stereocenters. The predicted octanol–water partition coefficient (Wildman–Crippen LogP) is 2.45. The molecular formula is C10H9ClN2O. The van der Waals surface area contributed by atoms with Crippen LogP contribution < -0.4 is 0 Å². The van der Waals surface area contributed by atoms with Crippen molar-refractivity contribution in [1.82, 2.24) is 9.78 Å². The Kier molecular flexibility index (Phi) is 2.17. The second-order valence-corrected chi connectivity index (χ2v) is 3.38. The fraction of sp³-hybridized carbons (Fsp3) is 0.100. The molecule has 0 aliphatic rings. The molecule has 0 saturated carbocycles. The molecule has 1 heterocycles. The van der Waals surface area contributed by atoms with Crippen molar-refractivity contribution in [3.63, 3.8) is 0 Å². The summed E-state index contributed by atoms with van der Waals surface area (Å²) in [6, 6.07) is 6.86. The van der Waals surface area contributed by atoms with Gasteiger partial charge in [0, 0.05) is 13.2 Å². The molecule has 0 atom stereocenters. The Morgan fingerprint density at radius 2 is 2.14 bits per heavy atom. The van der Waals surface area contributed by atoms with E-state index in [9.17, 15) is 5.11 Å². The summed E-state index contributed by atoms with van der Waals surface area (Å²) in [5.74, 6) is 0.168. The summed E-state index contributed by atoms with van der Waals surface area (Å²) < 4.78 is 1.67. The van der Waals surface area contributed by atoms with Gasteiger partial charge in [0.1, 0.15) is 5.75 Å². The minimum absolute atomic E-state index is 0.168. The molecule has 2 rings (SSSR count). The largest absolute Gasteiger partial charge is 0.507 e. The van der Waals surface area contributed by atoms with Crippen LogP contribution in [0, 0.1) is 0 Å². The van der Waals surface area contributed by atoms with E-state index in [0.717, 1.165) is 5.69 Å². The number of hydrogen-bond acceptors (Lipinski definition) is 2. The third-order valence-corrected chi connectivity index (χ3v) is 2.38. The van der Waals surface area contributed by atoms with Crippen LogP contribution >= 0.6 is 11.6 Å². The second kappa shape index (κ2) is 3.35. The van der Waals surface area contributed by atoms with Crippen molar-refractivity contribution in [2.45, 2.75) is 0 Å². The van der Waals surface area contributed by atoms with Crippen molar-refractivity contribution >= 4 is 11.6 Å². The SMILES string of the molecule is Cn1nccc1-c1c(O)cccc1Cl. The summed E-state index contributed by atoms with van der Waals surface area (Å²) in [6.45, 7) is 0. The molecule has 0 radical (unpaired) electrons. The molecule has 1 aromatic heterocycles. The first kappa shape index (κ1) is 9.09. The molecule has 2 aromatic rings. The van der Waals surface area contributed by atoms with Gasteiger partial charge in [0.15, 0.2) is 0 Å². The number of aromatic nitrogens is 2. The molecule has 0 aliphatic carbocycles. The fourth-order valence-electron chi connectivity index (χ4n) is 1.39. The fourth-order valence-corrected chi connectivity index (χ4v) is 1.65. The van der Waals surface area contributed by atoms with Crippen LogP contribution in [0.4, 0.5) is 0 Å². The summed E-state index contributed by atoms with van der Waals surface area (Å²) in [5.41, 5.74) is 1.42. The first-order valence-electron chi connectivity index (χ1n) is 4.16. The van der Waals surface area contributed by atoms with Gasteiger partial charge in [-0.1, -0.05) is 17.7 Å². The van der Waals surface area contributed by atoms with Crippen LogP contribution in [0.2, 0.25) is 5.02 Å². The molecule has 0 amide bonds. The smallest absolute Gasteiger partial charge is 0.126 e. The first-order chi connectivity index (χ1) is 6.70. The Morgan fingerprint density at radius 3 is 2.71 bits per heavy atom. The van der Waals surface area contributed by atoms with Crippen molar-refractivity contribution in [3.8, 4) is 17.0 Å². The summed E-state index contributed by atoms with van der Waals surface area (Å²) in [7, 11) is 1.80. The maximum atomic E-state index is 9.66. The summed E-state index contributed by atoms with van der Waals surface area (Å²) in [5, 5.41) is 14.2. The molecule has 4 heteroatoms. The molecule has 0 bridgehead atoms. The number of nitrogens with zero attached hydrogens (tertiary/aromatic N) is 2. The number of halogens is 1. The van der Waals surface area contributed by atoms with Gasteiger partial charge in [-0.05, 0) is 18.2 Å². The first-order valence-corrected chi connectivity index (χ1v) is 4.54. The molecule has 0 fully saturated rings. The standard InChI is InChI=1S/C10H9ClN2O/c1-13-8(5-6-12-13)10-7(11)3-2-4-9(10)14/h2-6,14H,1H3. The highest BCUT2D eigenvalue weighted by Gasteiger charge is 2.11. The van der Waals surface area contributed by atoms with Gasteiger partial charge in [0.25, 0.3) is 0 Å². The lowest BCUT2D eigenvalue weighted by molar-refractivity contribution is 0.476. The van der Waals surface area contributed by atoms with E-state index in [1.165, 1.54) is 0 Å². The molecule has 0 spiro atoms. The van der Waals surface area contributed by atoms with Gasteiger partial charge in [0.05, 0.1) is 16.3 Å². The van der Waals surface area contributed by atoms with Crippen molar-refractivity contribution in [3.05, 3.63) is 35.5 Å². The highest BCUT2D eigenvalue weighted by atomic mass is 35.5. The molecular weight excluding hydrogens is 200 g/mol. The lowest BCUT2D eigenvalue weighted by Gasteiger charge is -2.06. The monoisotopic (exact) mass is 208 g/mol. The number of phenolic OH excluding ortho intramolecular Hbond substituents is 1. The van der Waals surface area contributed by atoms with Gasteiger partial charge in [-0.25, -0.2) is 0 Å². The van der Waals surface area contributed by atoms with Gasteiger partial charge in [-0.15, -0.1) is 0 Å². The quantitative estimate of drug-likeness (QED) is 0.782. The normalized spacial score (nSPS) is 10.4. The predicted molar refractivity (Wildman–Crippen MR) is 55.3 cm³/mol. The zero-order chi connectivity index (χ0) is 10.1. The van der Waals surface area contributed by atoms with E-state index in [0.29, 0.717) is 10.6 Å². The van der Waals surface area contributed by atoms with Crippen molar-refractivity contribution < 1.29 is 5.11 Å². The van der Waals surface area contributed by atoms with E-state index in [4.69, 9.17) is 11.6 Å². The topological polar surface area (TPSA) is 38.0 Å². The average molecular weight is 209 g/mol. The average Bonchev–Trinajstić information content (AvgIpc) is 2.52. The lowest BCUT2D eigenvalue weighted by Crippen LogP contribution is -1.93. The van der Waals surface area contributed by atoms with Crippen LogP contribution in [-0.2, 0) is 7.05 Å². The summed E-state index contributed by atoms with van der Waals surface area (Å²) in [6.07, 6.45) is 1.66. The van der Waals surface area contributed by atoms with E-state index in [-0.39, 0.29) is 5.75 Å². The molecule has 0 saturated heterocycles. The Hall–Kier alpha value is -1.48. The van der Waals surface area contributed by atoms with Crippen LogP contribution in [0.25, 0.3) is 11.3 Å². The minimum atomic E-state index is 0.168. The van der Waals surface area contributed by atoms with Crippen LogP contribution in [0.1, 0.15) is 0 Å². The third kappa shape index (κ3) is 1.36. The number of phenols is 1. The Balaban J connectivity index is 2.68. The Bertz CT molecular complexity index is 445. The van der Waals surface area contributed by atoms with E-state index in [1.807, 2.05) is 0 Å². The number of aryl methyl sites for hydroxylation is 1. The molecule has 72 valence electrons. The highest BCUT2D eigenvalue weighted by Crippen LogP contribution is 2.34. The maximum Gasteiger partial charge on any atom is 0.126 e. The molecule has 1 N–H and O–H groups in total. The van der Waals surface area contributed by atoms with Crippen molar-refractivity contribution in [2.24, 2.45) is 7.05 Å². The van der Waals surface area contributed by atoms with Gasteiger partial charge >= 0.3 is 0 Å².